The smallest absolute Gasteiger partial charge is 0.170 e. The summed E-state index contributed by atoms with van der Waals surface area (Å²) >= 11 is 0. The van der Waals surface area contributed by atoms with E-state index in [2.05, 4.69) is 25.8 Å². The largest absolute Gasteiger partial charge is 0.349 e. The average Bonchev–Trinajstić information content (AvgIpc) is 2.54. The zero-order valence-electron chi connectivity index (χ0n) is 10.4. The Labute approximate surface area is 88.4 Å². The molecule has 1 aliphatic heterocycles. The lowest BCUT2D eigenvalue weighted by Gasteiger charge is -2.23. The van der Waals surface area contributed by atoms with Crippen molar-refractivity contribution in [3.8, 4) is 0 Å². The standard InChI is InChI=1S/C9H19NO2.C2H6/c1-7(2)10(4)5-9-11-6-8(3)12-9;1-2/h7-9H,5-6H2,1-4H3;1-2H3. The van der Waals surface area contributed by atoms with Crippen LogP contribution in [0.25, 0.3) is 0 Å². The molecular formula is C11H25NO2. The van der Waals surface area contributed by atoms with Crippen LogP contribution in [0.1, 0.15) is 34.6 Å². The maximum absolute atomic E-state index is 5.52. The van der Waals surface area contributed by atoms with Crippen LogP contribution in [-0.2, 0) is 9.47 Å². The molecule has 0 aromatic rings. The number of nitrogens with zero attached hydrogens (tertiary/aromatic N) is 1. The molecule has 3 heteroatoms. The Bertz CT molecular complexity index is 139. The van der Waals surface area contributed by atoms with E-state index in [9.17, 15) is 0 Å². The van der Waals surface area contributed by atoms with Crippen molar-refractivity contribution in [3.05, 3.63) is 0 Å². The van der Waals surface area contributed by atoms with Crippen LogP contribution in [0, 0.1) is 0 Å². The maximum Gasteiger partial charge on any atom is 0.170 e. The van der Waals surface area contributed by atoms with E-state index >= 15 is 0 Å². The fourth-order valence-electron chi connectivity index (χ4n) is 1.12. The molecule has 0 aromatic heterocycles. The number of likely N-dealkylation sites (N-methyl/N-ethyl adjacent to an activating group) is 1. The molecule has 0 aliphatic carbocycles. The Morgan fingerprint density at radius 1 is 1.36 bits per heavy atom. The fourth-order valence-corrected chi connectivity index (χ4v) is 1.12. The number of hydrogen-bond donors (Lipinski definition) is 0. The Kier molecular flexibility index (Phi) is 7.15. The highest BCUT2D eigenvalue weighted by Gasteiger charge is 2.23. The van der Waals surface area contributed by atoms with Gasteiger partial charge in [-0.25, -0.2) is 0 Å². The Morgan fingerprint density at radius 2 is 1.93 bits per heavy atom. The van der Waals surface area contributed by atoms with Gasteiger partial charge in [0.25, 0.3) is 0 Å². The maximum atomic E-state index is 5.52. The van der Waals surface area contributed by atoms with Crippen molar-refractivity contribution in [2.75, 3.05) is 20.2 Å². The van der Waals surface area contributed by atoms with Crippen molar-refractivity contribution >= 4 is 0 Å². The molecule has 0 bridgehead atoms. The van der Waals surface area contributed by atoms with E-state index in [4.69, 9.17) is 9.47 Å². The van der Waals surface area contributed by atoms with Gasteiger partial charge in [0.2, 0.25) is 0 Å². The van der Waals surface area contributed by atoms with Crippen molar-refractivity contribution in [1.29, 1.82) is 0 Å². The van der Waals surface area contributed by atoms with E-state index in [1.807, 2.05) is 20.8 Å². The molecule has 0 N–H and O–H groups in total. The van der Waals surface area contributed by atoms with Crippen LogP contribution < -0.4 is 0 Å². The molecule has 0 aromatic carbocycles. The Morgan fingerprint density at radius 3 is 2.29 bits per heavy atom. The van der Waals surface area contributed by atoms with Gasteiger partial charge in [0.15, 0.2) is 6.29 Å². The van der Waals surface area contributed by atoms with Crippen LogP contribution >= 0.6 is 0 Å². The summed E-state index contributed by atoms with van der Waals surface area (Å²) in [5.74, 6) is 0. The normalized spacial score (nSPS) is 26.6. The first-order chi connectivity index (χ1) is 6.59. The molecule has 1 aliphatic rings. The van der Waals surface area contributed by atoms with Gasteiger partial charge in [-0.05, 0) is 27.8 Å². The minimum atomic E-state index is -0.0209. The van der Waals surface area contributed by atoms with E-state index in [0.29, 0.717) is 6.04 Å². The van der Waals surface area contributed by atoms with Gasteiger partial charge in [0.05, 0.1) is 12.7 Å². The van der Waals surface area contributed by atoms with Crippen LogP contribution in [0.4, 0.5) is 0 Å². The predicted octanol–water partition coefficient (Wildman–Crippen LogP) is 2.11. The lowest BCUT2D eigenvalue weighted by atomic mass is 10.3. The third-order valence-electron chi connectivity index (χ3n) is 2.22. The molecule has 0 spiro atoms. The minimum absolute atomic E-state index is 0.0209. The Hall–Kier alpha value is -0.120. The van der Waals surface area contributed by atoms with Gasteiger partial charge < -0.3 is 9.47 Å². The molecule has 1 fully saturated rings. The molecule has 3 nitrogen and oxygen atoms in total. The van der Waals surface area contributed by atoms with Gasteiger partial charge in [-0.2, -0.15) is 0 Å². The second kappa shape index (κ2) is 7.21. The van der Waals surface area contributed by atoms with E-state index in [-0.39, 0.29) is 12.4 Å². The van der Waals surface area contributed by atoms with Gasteiger partial charge in [0.1, 0.15) is 0 Å². The summed E-state index contributed by atoms with van der Waals surface area (Å²) in [7, 11) is 2.08. The van der Waals surface area contributed by atoms with Crippen molar-refractivity contribution in [3.63, 3.8) is 0 Å². The van der Waals surface area contributed by atoms with Gasteiger partial charge in [-0.3, -0.25) is 4.90 Å². The van der Waals surface area contributed by atoms with Gasteiger partial charge in [-0.1, -0.05) is 13.8 Å². The topological polar surface area (TPSA) is 21.7 Å². The third-order valence-corrected chi connectivity index (χ3v) is 2.22. The van der Waals surface area contributed by atoms with Crippen LogP contribution in [0.2, 0.25) is 0 Å². The van der Waals surface area contributed by atoms with Crippen LogP contribution in [-0.4, -0.2) is 43.5 Å². The van der Waals surface area contributed by atoms with Gasteiger partial charge in [-0.15, -0.1) is 0 Å². The molecule has 0 amide bonds. The Balaban J connectivity index is 0.000000791. The van der Waals surface area contributed by atoms with Crippen molar-refractivity contribution in [1.82, 2.24) is 4.90 Å². The second-order valence-corrected chi connectivity index (χ2v) is 3.74. The summed E-state index contributed by atoms with van der Waals surface area (Å²) in [6.07, 6.45) is 0.239. The summed E-state index contributed by atoms with van der Waals surface area (Å²) in [6.45, 7) is 12.0. The zero-order valence-corrected chi connectivity index (χ0v) is 10.4. The monoisotopic (exact) mass is 203 g/mol. The predicted molar refractivity (Wildman–Crippen MR) is 59.4 cm³/mol. The molecular weight excluding hydrogens is 178 g/mol. The summed E-state index contributed by atoms with van der Waals surface area (Å²) in [4.78, 5) is 2.22. The van der Waals surface area contributed by atoms with Crippen molar-refractivity contribution < 1.29 is 9.47 Å². The van der Waals surface area contributed by atoms with E-state index < -0.39 is 0 Å². The minimum Gasteiger partial charge on any atom is -0.349 e. The van der Waals surface area contributed by atoms with Crippen LogP contribution in [0.5, 0.6) is 0 Å². The molecule has 1 heterocycles. The highest BCUT2D eigenvalue weighted by Crippen LogP contribution is 2.12. The third kappa shape index (κ3) is 4.94. The highest BCUT2D eigenvalue weighted by atomic mass is 16.7. The zero-order chi connectivity index (χ0) is 11.1. The molecule has 86 valence electrons. The quantitative estimate of drug-likeness (QED) is 0.701. The summed E-state index contributed by atoms with van der Waals surface area (Å²) in [6, 6.07) is 0.549. The first-order valence-corrected chi connectivity index (χ1v) is 5.57. The van der Waals surface area contributed by atoms with E-state index in [1.165, 1.54) is 0 Å². The van der Waals surface area contributed by atoms with Gasteiger partial charge >= 0.3 is 0 Å². The average molecular weight is 203 g/mol. The number of rotatable bonds is 3. The molecule has 2 unspecified atom stereocenters. The SMILES string of the molecule is CC.CC1COC(CN(C)C(C)C)O1. The van der Waals surface area contributed by atoms with Crippen molar-refractivity contribution in [2.45, 2.75) is 53.1 Å². The van der Waals surface area contributed by atoms with Crippen molar-refractivity contribution in [2.24, 2.45) is 0 Å². The molecule has 14 heavy (non-hydrogen) atoms. The first kappa shape index (κ1) is 13.9. The summed E-state index contributed by atoms with van der Waals surface area (Å²) in [5, 5.41) is 0. The lowest BCUT2D eigenvalue weighted by Crippen LogP contribution is -2.34. The fraction of sp³-hybridized carbons (Fsp3) is 1.00. The van der Waals surface area contributed by atoms with Crippen LogP contribution in [0.3, 0.4) is 0 Å². The number of ether oxygens (including phenoxy) is 2. The molecule has 1 rings (SSSR count). The first-order valence-electron chi connectivity index (χ1n) is 5.57. The molecule has 2 atom stereocenters. The van der Waals surface area contributed by atoms with E-state index in [1.54, 1.807) is 0 Å². The summed E-state index contributed by atoms with van der Waals surface area (Å²) in [5.41, 5.74) is 0. The highest BCUT2D eigenvalue weighted by molar-refractivity contribution is 4.65. The van der Waals surface area contributed by atoms with Gasteiger partial charge in [0, 0.05) is 12.6 Å². The number of hydrogen-bond acceptors (Lipinski definition) is 3. The van der Waals surface area contributed by atoms with Crippen LogP contribution in [0.15, 0.2) is 0 Å². The molecule has 0 radical (unpaired) electrons. The lowest BCUT2D eigenvalue weighted by molar-refractivity contribution is -0.0731. The summed E-state index contributed by atoms with van der Waals surface area (Å²) < 4.78 is 10.9. The second-order valence-electron chi connectivity index (χ2n) is 3.74. The molecule has 1 saturated heterocycles. The van der Waals surface area contributed by atoms with E-state index in [0.717, 1.165) is 13.2 Å². The molecule has 0 saturated carbocycles.